The zero-order chi connectivity index (χ0) is 24.8. The molecule has 3 aromatic heterocycles. The van der Waals surface area contributed by atoms with Gasteiger partial charge in [-0.15, -0.1) is 0 Å². The standard InChI is InChI=1S/C28H33N7O/c1-4-35-23(13-14-30-35)22-15-29-27(32-22)26(25(19-5-6-19)20-7-8-20)28(36)31-21-11-9-18(10-12-21)24-16(2)33-34-17(24)3/h9-15,19-20,25-26H,4-8H2,1-3H3,(H,29,32)(H,31,36)(H,33,34). The first-order valence-corrected chi connectivity index (χ1v) is 13.0. The van der Waals surface area contributed by atoms with E-state index in [4.69, 9.17) is 4.98 Å². The van der Waals surface area contributed by atoms with Crippen molar-refractivity contribution in [1.29, 1.82) is 0 Å². The summed E-state index contributed by atoms with van der Waals surface area (Å²) in [6.45, 7) is 6.87. The molecular formula is C28H33N7O. The number of imidazole rings is 1. The molecule has 1 amide bonds. The highest BCUT2D eigenvalue weighted by Crippen LogP contribution is 2.54. The van der Waals surface area contributed by atoms with E-state index in [2.05, 4.69) is 32.5 Å². The van der Waals surface area contributed by atoms with E-state index >= 15 is 0 Å². The molecule has 0 spiro atoms. The Hall–Kier alpha value is -3.68. The smallest absolute Gasteiger partial charge is 0.235 e. The number of amides is 1. The van der Waals surface area contributed by atoms with Crippen LogP contribution in [-0.2, 0) is 11.3 Å². The third kappa shape index (κ3) is 4.25. The van der Waals surface area contributed by atoms with Crippen LogP contribution in [0.2, 0.25) is 0 Å². The number of carbonyl (C=O) groups excluding carboxylic acids is 1. The van der Waals surface area contributed by atoms with Crippen molar-refractivity contribution < 1.29 is 4.79 Å². The molecular weight excluding hydrogens is 450 g/mol. The highest BCUT2D eigenvalue weighted by Gasteiger charge is 2.49. The van der Waals surface area contributed by atoms with E-state index in [0.29, 0.717) is 17.8 Å². The molecule has 2 fully saturated rings. The first-order chi connectivity index (χ1) is 17.5. The van der Waals surface area contributed by atoms with E-state index in [1.165, 1.54) is 25.7 Å². The number of aromatic amines is 2. The summed E-state index contributed by atoms with van der Waals surface area (Å²) in [6.07, 6.45) is 8.48. The Bertz CT molecular complexity index is 1340. The van der Waals surface area contributed by atoms with Gasteiger partial charge in [0.15, 0.2) is 0 Å². The quantitative estimate of drug-likeness (QED) is 0.294. The SMILES string of the molecule is CCn1nccc1-c1cnc(C(C(=O)Nc2ccc(-c3c(C)n[nH]c3C)cc2)C(C2CC2)C2CC2)[nH]1. The number of anilines is 1. The maximum absolute atomic E-state index is 13.9. The molecule has 3 N–H and O–H groups in total. The molecule has 0 aliphatic heterocycles. The molecule has 36 heavy (non-hydrogen) atoms. The number of benzene rings is 1. The second-order valence-corrected chi connectivity index (χ2v) is 10.3. The molecule has 2 aliphatic rings. The minimum absolute atomic E-state index is 0.0205. The van der Waals surface area contributed by atoms with Crippen LogP contribution in [0.15, 0.2) is 42.7 Å². The van der Waals surface area contributed by atoms with E-state index in [-0.39, 0.29) is 11.8 Å². The molecule has 1 aromatic carbocycles. The lowest BCUT2D eigenvalue weighted by Crippen LogP contribution is -2.31. The Kier molecular flexibility index (Phi) is 5.74. The third-order valence-corrected chi connectivity index (χ3v) is 7.75. The van der Waals surface area contributed by atoms with Crippen molar-refractivity contribution in [2.45, 2.75) is 58.9 Å². The fraction of sp³-hybridized carbons (Fsp3) is 0.429. The number of carbonyl (C=O) groups is 1. The lowest BCUT2D eigenvalue weighted by molar-refractivity contribution is -0.119. The fourth-order valence-corrected chi connectivity index (χ4v) is 5.73. The summed E-state index contributed by atoms with van der Waals surface area (Å²) < 4.78 is 1.94. The van der Waals surface area contributed by atoms with Crippen molar-refractivity contribution >= 4 is 11.6 Å². The maximum atomic E-state index is 13.9. The minimum atomic E-state index is -0.296. The lowest BCUT2D eigenvalue weighted by Gasteiger charge is -2.25. The van der Waals surface area contributed by atoms with Crippen LogP contribution in [0.3, 0.4) is 0 Å². The van der Waals surface area contributed by atoms with Crippen LogP contribution in [0, 0.1) is 31.6 Å². The molecule has 8 nitrogen and oxygen atoms in total. The predicted molar refractivity (Wildman–Crippen MR) is 139 cm³/mol. The van der Waals surface area contributed by atoms with Crippen LogP contribution in [0.5, 0.6) is 0 Å². The summed E-state index contributed by atoms with van der Waals surface area (Å²) in [4.78, 5) is 22.1. The summed E-state index contributed by atoms with van der Waals surface area (Å²) in [5.74, 6) is 2.03. The van der Waals surface area contributed by atoms with E-state index in [9.17, 15) is 4.79 Å². The summed E-state index contributed by atoms with van der Waals surface area (Å²) >= 11 is 0. The van der Waals surface area contributed by atoms with Crippen LogP contribution in [0.25, 0.3) is 22.5 Å². The Labute approximate surface area is 210 Å². The molecule has 186 valence electrons. The molecule has 0 bridgehead atoms. The second kappa shape index (κ2) is 9.08. The largest absolute Gasteiger partial charge is 0.340 e. The number of nitrogens with zero attached hydrogens (tertiary/aromatic N) is 4. The van der Waals surface area contributed by atoms with Gasteiger partial charge in [-0.3, -0.25) is 14.6 Å². The molecule has 8 heteroatoms. The summed E-state index contributed by atoms with van der Waals surface area (Å²) in [5, 5.41) is 15.0. The van der Waals surface area contributed by atoms with Gasteiger partial charge in [-0.25, -0.2) is 4.98 Å². The molecule has 1 unspecified atom stereocenters. The van der Waals surface area contributed by atoms with Crippen molar-refractivity contribution in [3.8, 4) is 22.5 Å². The van der Waals surface area contributed by atoms with Crippen molar-refractivity contribution in [2.75, 3.05) is 5.32 Å². The highest BCUT2D eigenvalue weighted by atomic mass is 16.2. The van der Waals surface area contributed by atoms with E-state index in [1.807, 2.05) is 55.1 Å². The predicted octanol–water partition coefficient (Wildman–Crippen LogP) is 5.46. The number of nitrogens with one attached hydrogen (secondary N) is 3. The van der Waals surface area contributed by atoms with Crippen LogP contribution in [0.1, 0.15) is 55.7 Å². The number of hydrogen-bond acceptors (Lipinski definition) is 4. The molecule has 3 heterocycles. The maximum Gasteiger partial charge on any atom is 0.235 e. The topological polar surface area (TPSA) is 104 Å². The highest BCUT2D eigenvalue weighted by molar-refractivity contribution is 5.96. The van der Waals surface area contributed by atoms with Gasteiger partial charge in [-0.1, -0.05) is 12.1 Å². The molecule has 2 aliphatic carbocycles. The molecule has 6 rings (SSSR count). The zero-order valence-corrected chi connectivity index (χ0v) is 21.1. The van der Waals surface area contributed by atoms with Crippen molar-refractivity contribution in [1.82, 2.24) is 29.9 Å². The minimum Gasteiger partial charge on any atom is -0.340 e. The van der Waals surface area contributed by atoms with E-state index in [1.54, 1.807) is 6.20 Å². The van der Waals surface area contributed by atoms with Gasteiger partial charge in [0.2, 0.25) is 5.91 Å². The Morgan fingerprint density at radius 3 is 2.44 bits per heavy atom. The van der Waals surface area contributed by atoms with Crippen molar-refractivity contribution in [3.63, 3.8) is 0 Å². The average Bonchev–Trinajstić information content (AvgIpc) is 3.77. The molecule has 0 radical (unpaired) electrons. The van der Waals surface area contributed by atoms with Gasteiger partial charge in [-0.05, 0) is 88.0 Å². The third-order valence-electron chi connectivity index (χ3n) is 7.75. The summed E-state index contributed by atoms with van der Waals surface area (Å²) in [5.41, 5.74) is 6.91. The zero-order valence-electron chi connectivity index (χ0n) is 21.1. The van der Waals surface area contributed by atoms with E-state index < -0.39 is 0 Å². The van der Waals surface area contributed by atoms with Crippen molar-refractivity contribution in [2.24, 2.45) is 17.8 Å². The van der Waals surface area contributed by atoms with Gasteiger partial charge < -0.3 is 10.3 Å². The number of rotatable bonds is 9. The van der Waals surface area contributed by atoms with Gasteiger partial charge in [0.1, 0.15) is 5.82 Å². The van der Waals surface area contributed by atoms with Crippen molar-refractivity contribution in [3.05, 3.63) is 59.9 Å². The molecule has 1 atom stereocenters. The first-order valence-electron chi connectivity index (χ1n) is 13.0. The normalized spacial score (nSPS) is 16.4. The van der Waals surface area contributed by atoms with Gasteiger partial charge in [0.25, 0.3) is 0 Å². The Balaban J connectivity index is 1.28. The first kappa shape index (κ1) is 22.8. The second-order valence-electron chi connectivity index (χ2n) is 10.3. The summed E-state index contributed by atoms with van der Waals surface area (Å²) in [7, 11) is 0. The Morgan fingerprint density at radius 1 is 1.11 bits per heavy atom. The Morgan fingerprint density at radius 2 is 1.83 bits per heavy atom. The van der Waals surface area contributed by atoms with Gasteiger partial charge in [0, 0.05) is 29.7 Å². The van der Waals surface area contributed by atoms with Crippen LogP contribution < -0.4 is 5.32 Å². The molecule has 4 aromatic rings. The van der Waals surface area contributed by atoms with Crippen LogP contribution in [0.4, 0.5) is 5.69 Å². The number of hydrogen-bond donors (Lipinski definition) is 3. The monoisotopic (exact) mass is 483 g/mol. The van der Waals surface area contributed by atoms with Gasteiger partial charge >= 0.3 is 0 Å². The number of aromatic nitrogens is 6. The average molecular weight is 484 g/mol. The van der Waals surface area contributed by atoms with Gasteiger partial charge in [-0.2, -0.15) is 10.2 Å². The fourth-order valence-electron chi connectivity index (χ4n) is 5.73. The van der Waals surface area contributed by atoms with Crippen LogP contribution in [-0.4, -0.2) is 35.9 Å². The van der Waals surface area contributed by atoms with Crippen LogP contribution >= 0.6 is 0 Å². The number of aryl methyl sites for hydroxylation is 3. The van der Waals surface area contributed by atoms with Gasteiger partial charge in [0.05, 0.1) is 29.2 Å². The molecule has 2 saturated carbocycles. The lowest BCUT2D eigenvalue weighted by atomic mass is 9.82. The summed E-state index contributed by atoms with van der Waals surface area (Å²) in [6, 6.07) is 10.0. The number of H-pyrrole nitrogens is 2. The molecule has 0 saturated heterocycles. The van der Waals surface area contributed by atoms with E-state index in [0.717, 1.165) is 52.0 Å².